The number of nitrogens with one attached hydrogen (secondary N) is 1. The Labute approximate surface area is 274 Å². The van der Waals surface area contributed by atoms with Crippen LogP contribution in [-0.4, -0.2) is 44.8 Å². The van der Waals surface area contributed by atoms with Crippen molar-refractivity contribution >= 4 is 40.5 Å². The second-order valence-corrected chi connectivity index (χ2v) is 12.1. The van der Waals surface area contributed by atoms with Gasteiger partial charge in [-0.3, -0.25) is 19.5 Å². The highest BCUT2D eigenvalue weighted by Gasteiger charge is 2.55. The van der Waals surface area contributed by atoms with Crippen LogP contribution in [0.25, 0.3) is 11.6 Å². The maximum absolute atomic E-state index is 14.0. The number of nitrogens with zero attached hydrogens (tertiary/aromatic N) is 2. The van der Waals surface area contributed by atoms with E-state index in [1.54, 1.807) is 30.5 Å². The summed E-state index contributed by atoms with van der Waals surface area (Å²) in [5.41, 5.74) is 6.41. The molecule has 0 unspecified atom stereocenters. The molecule has 1 aliphatic carbocycles. The van der Waals surface area contributed by atoms with Crippen molar-refractivity contribution in [3.63, 3.8) is 0 Å². The molecule has 6 rings (SSSR count). The monoisotopic (exact) mass is 629 g/mol. The largest absolute Gasteiger partial charge is 0.508 e. The van der Waals surface area contributed by atoms with Crippen molar-refractivity contribution in [3.8, 4) is 5.75 Å². The fourth-order valence-corrected chi connectivity index (χ4v) is 6.98. The van der Waals surface area contributed by atoms with Gasteiger partial charge in [0.15, 0.2) is 0 Å². The number of hydrogen-bond acceptors (Lipinski definition) is 7. The Morgan fingerprint density at radius 1 is 0.936 bits per heavy atom. The number of aromatic hydroxyl groups is 1. The number of amides is 2. The maximum Gasteiger partial charge on any atom is 0.238 e. The molecule has 0 saturated carbocycles. The van der Waals surface area contributed by atoms with E-state index in [1.165, 1.54) is 4.90 Å². The first-order valence-corrected chi connectivity index (χ1v) is 16.1. The first-order chi connectivity index (χ1) is 22.9. The minimum atomic E-state index is -0.921. The number of anilines is 3. The Bertz CT molecular complexity index is 1770. The third kappa shape index (κ3) is 6.75. The predicted molar refractivity (Wildman–Crippen MR) is 184 cm³/mol. The van der Waals surface area contributed by atoms with E-state index in [-0.39, 0.29) is 24.2 Å². The number of fused-ring (bicyclic) bond motifs is 1. The Morgan fingerprint density at radius 3 is 2.30 bits per heavy atom. The van der Waals surface area contributed by atoms with Gasteiger partial charge in [-0.25, -0.2) is 0 Å². The summed E-state index contributed by atoms with van der Waals surface area (Å²) in [5, 5.41) is 35.5. The summed E-state index contributed by atoms with van der Waals surface area (Å²) in [7, 11) is 0. The number of benzene rings is 3. The first-order valence-electron chi connectivity index (χ1n) is 16.1. The third-order valence-corrected chi connectivity index (χ3v) is 9.27. The summed E-state index contributed by atoms with van der Waals surface area (Å²) in [4.78, 5) is 33.5. The number of aromatic nitrogens is 1. The molecule has 1 aromatic heterocycles. The van der Waals surface area contributed by atoms with Gasteiger partial charge in [-0.1, -0.05) is 48.9 Å². The maximum atomic E-state index is 14.0. The molecule has 1 fully saturated rings. The molecule has 1 saturated heterocycles. The van der Waals surface area contributed by atoms with Crippen LogP contribution in [0.3, 0.4) is 0 Å². The molecule has 240 valence electrons. The highest BCUT2D eigenvalue weighted by molar-refractivity contribution is 6.22. The van der Waals surface area contributed by atoms with Gasteiger partial charge >= 0.3 is 0 Å². The van der Waals surface area contributed by atoms with Crippen molar-refractivity contribution in [2.45, 2.75) is 38.7 Å². The van der Waals surface area contributed by atoms with Crippen LogP contribution in [0.1, 0.15) is 43.9 Å². The molecule has 3 aromatic carbocycles. The standard InChI is InChI=1S/C39H39N3O5/c1-2-26-23-32-37(39(47)42(38(32)46)30-16-14-29(15-17-30)41-28-8-4-3-5-9-28)33(24-43)36(26)35(45)20-13-27(34-10-6-7-21-40-34)22-25-11-18-31(44)19-12-25/h3-12,14-19,21-22,32-33,35,37,41,43-45H,2,13,20,23-24H2,1H3/b27-22-/t32-,33+,35-,37-/m1/s1. The van der Waals surface area contributed by atoms with E-state index in [0.29, 0.717) is 36.9 Å². The molecule has 0 radical (unpaired) electrons. The molecular formula is C39H39N3O5. The lowest BCUT2D eigenvalue weighted by Crippen LogP contribution is -2.39. The van der Waals surface area contributed by atoms with Crippen molar-refractivity contribution in [2.75, 3.05) is 16.8 Å². The summed E-state index contributed by atoms with van der Waals surface area (Å²) in [6.45, 7) is 1.64. The number of allylic oxidation sites excluding steroid dienone is 2. The van der Waals surface area contributed by atoms with Crippen LogP contribution in [0.2, 0.25) is 0 Å². The molecule has 2 heterocycles. The van der Waals surface area contributed by atoms with Crippen molar-refractivity contribution < 1.29 is 24.9 Å². The lowest BCUT2D eigenvalue weighted by molar-refractivity contribution is -0.123. The number of hydrogen-bond donors (Lipinski definition) is 4. The number of rotatable bonds is 11. The molecular weight excluding hydrogens is 590 g/mol. The number of pyridine rings is 1. The molecule has 4 N–H and O–H groups in total. The van der Waals surface area contributed by atoms with Gasteiger partial charge in [0.2, 0.25) is 11.8 Å². The van der Waals surface area contributed by atoms with E-state index < -0.39 is 23.9 Å². The van der Waals surface area contributed by atoms with Crippen LogP contribution < -0.4 is 10.2 Å². The van der Waals surface area contributed by atoms with Crippen LogP contribution in [0.5, 0.6) is 5.75 Å². The zero-order chi connectivity index (χ0) is 32.9. The van der Waals surface area contributed by atoms with Crippen LogP contribution in [0.15, 0.2) is 114 Å². The van der Waals surface area contributed by atoms with Crippen LogP contribution in [0, 0.1) is 17.8 Å². The summed E-state index contributed by atoms with van der Waals surface area (Å²) in [5.74, 6) is -2.45. The number of carbonyl (C=O) groups excluding carboxylic acids is 2. The lowest BCUT2D eigenvalue weighted by Gasteiger charge is -2.36. The van der Waals surface area contributed by atoms with Crippen molar-refractivity contribution in [3.05, 3.63) is 126 Å². The number of phenols is 1. The van der Waals surface area contributed by atoms with E-state index >= 15 is 0 Å². The first kappa shape index (κ1) is 31.9. The van der Waals surface area contributed by atoms with Gasteiger partial charge in [-0.05, 0) is 109 Å². The fourth-order valence-electron chi connectivity index (χ4n) is 6.98. The lowest BCUT2D eigenvalue weighted by atomic mass is 9.67. The van der Waals surface area contributed by atoms with Gasteiger partial charge in [0.1, 0.15) is 5.75 Å². The van der Waals surface area contributed by atoms with Crippen LogP contribution in [-0.2, 0) is 9.59 Å². The third-order valence-electron chi connectivity index (χ3n) is 9.27. The molecule has 8 nitrogen and oxygen atoms in total. The molecule has 4 atom stereocenters. The van der Waals surface area contributed by atoms with Crippen LogP contribution >= 0.6 is 0 Å². The topological polar surface area (TPSA) is 123 Å². The highest BCUT2D eigenvalue weighted by Crippen LogP contribution is 2.48. The average Bonchev–Trinajstić information content (AvgIpc) is 3.36. The quantitative estimate of drug-likeness (QED) is 0.107. The Kier molecular flexibility index (Phi) is 9.61. The summed E-state index contributed by atoms with van der Waals surface area (Å²) < 4.78 is 0. The average molecular weight is 630 g/mol. The summed E-state index contributed by atoms with van der Waals surface area (Å²) >= 11 is 0. The summed E-state index contributed by atoms with van der Waals surface area (Å²) in [6, 6.07) is 29.5. The molecule has 2 amide bonds. The predicted octanol–water partition coefficient (Wildman–Crippen LogP) is 6.74. The Morgan fingerprint density at radius 2 is 1.64 bits per heavy atom. The van der Waals surface area contributed by atoms with Crippen molar-refractivity contribution in [1.29, 1.82) is 0 Å². The highest BCUT2D eigenvalue weighted by atomic mass is 16.3. The molecule has 1 aliphatic heterocycles. The number of aliphatic hydroxyl groups excluding tert-OH is 2. The minimum absolute atomic E-state index is 0.178. The molecule has 0 spiro atoms. The zero-order valence-corrected chi connectivity index (χ0v) is 26.3. The second-order valence-electron chi connectivity index (χ2n) is 12.1. The molecule has 2 aliphatic rings. The number of phenolic OH excluding ortho intramolecular Hbond substituents is 1. The number of imide groups is 1. The zero-order valence-electron chi connectivity index (χ0n) is 26.3. The van der Waals surface area contributed by atoms with Gasteiger partial charge in [0.05, 0.1) is 35.9 Å². The van der Waals surface area contributed by atoms with E-state index in [0.717, 1.165) is 33.8 Å². The summed E-state index contributed by atoms with van der Waals surface area (Å²) in [6.07, 6.45) is 4.58. The molecule has 8 heteroatoms. The van der Waals surface area contributed by atoms with Gasteiger partial charge in [0, 0.05) is 23.5 Å². The van der Waals surface area contributed by atoms with Gasteiger partial charge < -0.3 is 20.6 Å². The van der Waals surface area contributed by atoms with Gasteiger partial charge in [0.25, 0.3) is 0 Å². The number of aliphatic hydroxyl groups is 2. The Balaban J connectivity index is 1.22. The van der Waals surface area contributed by atoms with Crippen molar-refractivity contribution in [1.82, 2.24) is 4.98 Å². The number of para-hydroxylation sites is 1. The van der Waals surface area contributed by atoms with Gasteiger partial charge in [-0.15, -0.1) is 0 Å². The minimum Gasteiger partial charge on any atom is -0.508 e. The van der Waals surface area contributed by atoms with E-state index in [2.05, 4.69) is 10.3 Å². The molecule has 4 aromatic rings. The van der Waals surface area contributed by atoms with Crippen LogP contribution in [0.4, 0.5) is 17.1 Å². The number of carbonyl (C=O) groups is 2. The second kappa shape index (κ2) is 14.2. The SMILES string of the molecule is CCC1=C([C@H](O)CC/C(=C/c2ccc(O)cc2)c2ccccn2)[C@H](CO)[C@@H]2C(=O)N(c3ccc(Nc4ccccc4)cc3)C(=O)[C@@H]2C1. The Hall–Kier alpha value is -5.05. The van der Waals surface area contributed by atoms with E-state index in [1.807, 2.05) is 85.8 Å². The van der Waals surface area contributed by atoms with Gasteiger partial charge in [-0.2, -0.15) is 0 Å². The fraction of sp³-hybridized carbons (Fsp3) is 0.256. The normalized spacial score (nSPS) is 20.4. The smallest absolute Gasteiger partial charge is 0.238 e. The van der Waals surface area contributed by atoms with E-state index in [4.69, 9.17) is 0 Å². The molecule has 0 bridgehead atoms. The van der Waals surface area contributed by atoms with E-state index in [9.17, 15) is 24.9 Å². The molecule has 47 heavy (non-hydrogen) atoms. The van der Waals surface area contributed by atoms with Crippen molar-refractivity contribution in [2.24, 2.45) is 17.8 Å².